The standard InChI is InChI=1S/C7H14N2O2/c1-8-3-5-2-6(7(10)11)9-4-5/h5-6,8-9H,2-4H2,1H3,(H,10,11). The smallest absolute Gasteiger partial charge is 0.320 e. The average molecular weight is 158 g/mol. The minimum absolute atomic E-state index is 0.326. The van der Waals surface area contributed by atoms with E-state index in [1.165, 1.54) is 0 Å². The minimum atomic E-state index is -0.733. The molecule has 1 heterocycles. The summed E-state index contributed by atoms with van der Waals surface area (Å²) in [5, 5.41) is 14.6. The number of carbonyl (C=O) groups is 1. The normalized spacial score (nSPS) is 30.6. The third-order valence-electron chi connectivity index (χ3n) is 2.01. The molecule has 0 saturated carbocycles. The van der Waals surface area contributed by atoms with Gasteiger partial charge in [0.15, 0.2) is 0 Å². The van der Waals surface area contributed by atoms with E-state index in [1.807, 2.05) is 7.05 Å². The molecule has 1 rings (SSSR count). The van der Waals surface area contributed by atoms with Crippen molar-refractivity contribution in [2.75, 3.05) is 20.1 Å². The number of hydrogen-bond acceptors (Lipinski definition) is 3. The van der Waals surface area contributed by atoms with Crippen molar-refractivity contribution in [3.05, 3.63) is 0 Å². The summed E-state index contributed by atoms with van der Waals surface area (Å²) in [6, 6.07) is -0.326. The van der Waals surface area contributed by atoms with Gasteiger partial charge in [0.2, 0.25) is 0 Å². The van der Waals surface area contributed by atoms with E-state index < -0.39 is 5.97 Å². The van der Waals surface area contributed by atoms with Gasteiger partial charge in [0.05, 0.1) is 0 Å². The summed E-state index contributed by atoms with van der Waals surface area (Å²) < 4.78 is 0. The number of hydrogen-bond donors (Lipinski definition) is 3. The highest BCUT2D eigenvalue weighted by Crippen LogP contribution is 2.12. The van der Waals surface area contributed by atoms with Crippen molar-refractivity contribution in [3.8, 4) is 0 Å². The van der Waals surface area contributed by atoms with Crippen molar-refractivity contribution >= 4 is 5.97 Å². The van der Waals surface area contributed by atoms with E-state index >= 15 is 0 Å². The van der Waals surface area contributed by atoms with Gasteiger partial charge < -0.3 is 15.7 Å². The van der Waals surface area contributed by atoms with Crippen LogP contribution in [0.2, 0.25) is 0 Å². The van der Waals surface area contributed by atoms with Crippen molar-refractivity contribution in [1.82, 2.24) is 10.6 Å². The molecule has 0 radical (unpaired) electrons. The molecule has 64 valence electrons. The Morgan fingerprint density at radius 3 is 3.00 bits per heavy atom. The predicted molar refractivity (Wildman–Crippen MR) is 41.5 cm³/mol. The topological polar surface area (TPSA) is 61.4 Å². The molecule has 0 aliphatic carbocycles. The molecule has 1 saturated heterocycles. The molecule has 11 heavy (non-hydrogen) atoms. The first kappa shape index (κ1) is 8.49. The van der Waals surface area contributed by atoms with Crippen LogP contribution >= 0.6 is 0 Å². The number of carboxylic acid groups (broad SMARTS) is 1. The Labute approximate surface area is 66.0 Å². The largest absolute Gasteiger partial charge is 0.480 e. The van der Waals surface area contributed by atoms with Crippen molar-refractivity contribution in [1.29, 1.82) is 0 Å². The predicted octanol–water partition coefficient (Wildman–Crippen LogP) is -0.731. The Morgan fingerprint density at radius 2 is 2.55 bits per heavy atom. The maximum atomic E-state index is 10.5. The van der Waals surface area contributed by atoms with Gasteiger partial charge in [-0.25, -0.2) is 0 Å². The Bertz CT molecular complexity index is 149. The summed E-state index contributed by atoms with van der Waals surface area (Å²) in [6.07, 6.45) is 0.746. The lowest BCUT2D eigenvalue weighted by molar-refractivity contribution is -0.139. The van der Waals surface area contributed by atoms with Crippen LogP contribution < -0.4 is 10.6 Å². The molecular formula is C7H14N2O2. The Hall–Kier alpha value is -0.610. The Morgan fingerprint density at radius 1 is 1.82 bits per heavy atom. The van der Waals surface area contributed by atoms with Crippen LogP contribution in [0.15, 0.2) is 0 Å². The molecular weight excluding hydrogens is 144 g/mol. The Balaban J connectivity index is 2.29. The van der Waals surface area contributed by atoms with Crippen molar-refractivity contribution in [3.63, 3.8) is 0 Å². The lowest BCUT2D eigenvalue weighted by Crippen LogP contribution is -2.29. The van der Waals surface area contributed by atoms with Crippen LogP contribution in [0.25, 0.3) is 0 Å². The first-order valence-electron chi connectivity index (χ1n) is 3.85. The fraction of sp³-hybridized carbons (Fsp3) is 0.857. The molecule has 2 unspecified atom stereocenters. The van der Waals surface area contributed by atoms with E-state index in [1.54, 1.807) is 0 Å². The summed E-state index contributed by atoms with van der Waals surface area (Å²) in [6.45, 7) is 1.72. The second-order valence-electron chi connectivity index (χ2n) is 2.96. The van der Waals surface area contributed by atoms with Gasteiger partial charge in [-0.1, -0.05) is 0 Å². The number of aliphatic carboxylic acids is 1. The molecule has 2 atom stereocenters. The molecule has 4 heteroatoms. The maximum absolute atomic E-state index is 10.5. The molecule has 4 nitrogen and oxygen atoms in total. The van der Waals surface area contributed by atoms with E-state index in [9.17, 15) is 4.79 Å². The summed E-state index contributed by atoms with van der Waals surface area (Å²) in [5.41, 5.74) is 0. The molecule has 0 aromatic heterocycles. The fourth-order valence-electron chi connectivity index (χ4n) is 1.44. The highest BCUT2D eigenvalue weighted by atomic mass is 16.4. The molecule has 0 amide bonds. The summed E-state index contributed by atoms with van der Waals surface area (Å²) >= 11 is 0. The molecule has 0 aromatic rings. The summed E-state index contributed by atoms with van der Waals surface area (Å²) in [7, 11) is 1.88. The molecule has 0 aromatic carbocycles. The van der Waals surface area contributed by atoms with Crippen LogP contribution in [0.1, 0.15) is 6.42 Å². The zero-order chi connectivity index (χ0) is 8.27. The van der Waals surface area contributed by atoms with Crippen molar-refractivity contribution in [2.45, 2.75) is 12.5 Å². The van der Waals surface area contributed by atoms with Gasteiger partial charge in [-0.15, -0.1) is 0 Å². The van der Waals surface area contributed by atoms with Crippen LogP contribution in [0.4, 0.5) is 0 Å². The molecule has 1 aliphatic rings. The molecule has 1 aliphatic heterocycles. The zero-order valence-electron chi connectivity index (χ0n) is 6.63. The van der Waals surface area contributed by atoms with Crippen molar-refractivity contribution < 1.29 is 9.90 Å². The van der Waals surface area contributed by atoms with E-state index in [0.717, 1.165) is 19.5 Å². The Kier molecular flexibility index (Phi) is 2.84. The van der Waals surface area contributed by atoms with Gasteiger partial charge in [-0.05, 0) is 25.9 Å². The van der Waals surface area contributed by atoms with Gasteiger partial charge in [0, 0.05) is 6.54 Å². The first-order valence-corrected chi connectivity index (χ1v) is 3.85. The SMILES string of the molecule is CNCC1CNC(C(=O)O)C1. The highest BCUT2D eigenvalue weighted by Gasteiger charge is 2.28. The molecule has 1 fully saturated rings. The lowest BCUT2D eigenvalue weighted by atomic mass is 10.1. The number of rotatable bonds is 3. The molecule has 0 spiro atoms. The minimum Gasteiger partial charge on any atom is -0.480 e. The van der Waals surface area contributed by atoms with E-state index in [2.05, 4.69) is 10.6 Å². The lowest BCUT2D eigenvalue weighted by Gasteiger charge is -2.05. The van der Waals surface area contributed by atoms with Crippen LogP contribution in [-0.2, 0) is 4.79 Å². The second-order valence-corrected chi connectivity index (χ2v) is 2.96. The molecule has 0 bridgehead atoms. The van der Waals surface area contributed by atoms with Crippen LogP contribution in [0, 0.1) is 5.92 Å². The summed E-state index contributed by atoms with van der Waals surface area (Å²) in [4.78, 5) is 10.5. The first-order chi connectivity index (χ1) is 5.24. The zero-order valence-corrected chi connectivity index (χ0v) is 6.63. The van der Waals surface area contributed by atoms with E-state index in [4.69, 9.17) is 5.11 Å². The molecule has 3 N–H and O–H groups in total. The monoisotopic (exact) mass is 158 g/mol. The van der Waals surface area contributed by atoms with Crippen LogP contribution in [-0.4, -0.2) is 37.3 Å². The number of carboxylic acids is 1. The average Bonchev–Trinajstić information content (AvgIpc) is 2.37. The quantitative estimate of drug-likeness (QED) is 0.506. The number of nitrogens with one attached hydrogen (secondary N) is 2. The third kappa shape index (κ3) is 2.17. The van der Waals surface area contributed by atoms with Gasteiger partial charge in [-0.2, -0.15) is 0 Å². The van der Waals surface area contributed by atoms with E-state index in [-0.39, 0.29) is 6.04 Å². The summed E-state index contributed by atoms with van der Waals surface area (Å²) in [5.74, 6) is -0.260. The maximum Gasteiger partial charge on any atom is 0.320 e. The van der Waals surface area contributed by atoms with Crippen LogP contribution in [0.5, 0.6) is 0 Å². The van der Waals surface area contributed by atoms with Gasteiger partial charge in [0.25, 0.3) is 0 Å². The fourth-order valence-corrected chi connectivity index (χ4v) is 1.44. The van der Waals surface area contributed by atoms with Crippen LogP contribution in [0.3, 0.4) is 0 Å². The van der Waals surface area contributed by atoms with Gasteiger partial charge in [0.1, 0.15) is 6.04 Å². The van der Waals surface area contributed by atoms with Gasteiger partial charge >= 0.3 is 5.97 Å². The van der Waals surface area contributed by atoms with Crippen molar-refractivity contribution in [2.24, 2.45) is 5.92 Å². The highest BCUT2D eigenvalue weighted by molar-refractivity contribution is 5.73. The van der Waals surface area contributed by atoms with E-state index in [0.29, 0.717) is 5.92 Å². The third-order valence-corrected chi connectivity index (χ3v) is 2.01. The second kappa shape index (κ2) is 3.69. The van der Waals surface area contributed by atoms with Gasteiger partial charge in [-0.3, -0.25) is 4.79 Å².